The van der Waals surface area contributed by atoms with Gasteiger partial charge in [-0.3, -0.25) is 0 Å². The van der Waals surface area contributed by atoms with Gasteiger partial charge in [-0.05, 0) is 55.5 Å². The average molecular weight is 421 g/mol. The first-order chi connectivity index (χ1) is 14.6. The Labute approximate surface area is 177 Å². The summed E-state index contributed by atoms with van der Waals surface area (Å²) >= 11 is 6.04. The first-order valence-electron chi connectivity index (χ1n) is 9.04. The molecule has 0 unspecified atom stereocenters. The first-order valence-corrected chi connectivity index (χ1v) is 9.41. The van der Waals surface area contributed by atoms with Gasteiger partial charge in [0.15, 0.2) is 5.82 Å². The summed E-state index contributed by atoms with van der Waals surface area (Å²) < 4.78 is 7.34. The van der Waals surface area contributed by atoms with Gasteiger partial charge < -0.3 is 15.4 Å². The number of para-hydroxylation sites is 1. The highest BCUT2D eigenvalue weighted by Crippen LogP contribution is 2.23. The van der Waals surface area contributed by atoms with Gasteiger partial charge in [-0.1, -0.05) is 23.7 Å². The molecule has 0 saturated carbocycles. The zero-order valence-electron chi connectivity index (χ0n) is 15.9. The Morgan fingerprint density at radius 3 is 2.43 bits per heavy atom. The molecule has 0 spiro atoms. The number of nitrogens with one attached hydrogen (secondary N) is 2. The number of rotatable bonds is 5. The van der Waals surface area contributed by atoms with Crippen LogP contribution in [0.3, 0.4) is 0 Å². The second-order valence-corrected chi connectivity index (χ2v) is 6.72. The minimum absolute atomic E-state index is 0.347. The van der Waals surface area contributed by atoms with Crippen molar-refractivity contribution in [2.24, 2.45) is 0 Å². The van der Waals surface area contributed by atoms with Crippen molar-refractivity contribution in [2.75, 3.05) is 10.6 Å². The molecule has 8 nitrogen and oxygen atoms in total. The van der Waals surface area contributed by atoms with E-state index in [0.29, 0.717) is 33.8 Å². The number of amides is 2. The van der Waals surface area contributed by atoms with Crippen LogP contribution in [0.25, 0.3) is 5.82 Å². The lowest BCUT2D eigenvalue weighted by atomic mass is 10.3. The summed E-state index contributed by atoms with van der Waals surface area (Å²) in [4.78, 5) is 12.1. The lowest BCUT2D eigenvalue weighted by Crippen LogP contribution is -2.19. The molecule has 4 aromatic rings. The molecule has 0 atom stereocenters. The van der Waals surface area contributed by atoms with E-state index in [1.807, 2.05) is 19.2 Å². The Kier molecular flexibility index (Phi) is 5.58. The van der Waals surface area contributed by atoms with Crippen LogP contribution in [0, 0.1) is 6.92 Å². The number of aryl methyl sites for hydroxylation is 1. The molecule has 0 aliphatic rings. The summed E-state index contributed by atoms with van der Waals surface area (Å²) in [6, 6.07) is 18.9. The zero-order valence-corrected chi connectivity index (χ0v) is 16.7. The number of aromatic nitrogens is 4. The van der Waals surface area contributed by atoms with Crippen LogP contribution in [-0.4, -0.2) is 26.0 Å². The van der Waals surface area contributed by atoms with Gasteiger partial charge in [0, 0.05) is 18.0 Å². The second kappa shape index (κ2) is 8.62. The second-order valence-electron chi connectivity index (χ2n) is 6.32. The van der Waals surface area contributed by atoms with E-state index in [1.165, 1.54) is 0 Å². The van der Waals surface area contributed by atoms with Gasteiger partial charge >= 0.3 is 6.03 Å². The summed E-state index contributed by atoms with van der Waals surface area (Å²) in [7, 11) is 0. The average Bonchev–Trinajstić information content (AvgIpc) is 3.18. The summed E-state index contributed by atoms with van der Waals surface area (Å²) in [5.74, 6) is 1.50. The third kappa shape index (κ3) is 4.73. The molecule has 2 amide bonds. The van der Waals surface area contributed by atoms with Crippen LogP contribution in [0.15, 0.2) is 72.9 Å². The predicted octanol–water partition coefficient (Wildman–Crippen LogP) is 5.06. The summed E-state index contributed by atoms with van der Waals surface area (Å²) in [6.45, 7) is 1.90. The lowest BCUT2D eigenvalue weighted by Gasteiger charge is -2.10. The largest absolute Gasteiger partial charge is 0.438 e. The van der Waals surface area contributed by atoms with Crippen LogP contribution < -0.4 is 15.4 Å². The van der Waals surface area contributed by atoms with Crippen molar-refractivity contribution in [1.29, 1.82) is 0 Å². The van der Waals surface area contributed by atoms with Gasteiger partial charge in [-0.2, -0.15) is 5.10 Å². The number of halogens is 1. The third-order valence-electron chi connectivity index (χ3n) is 4.04. The number of ether oxygens (including phenoxy) is 1. The maximum absolute atomic E-state index is 12.1. The molecule has 4 rings (SSSR count). The van der Waals surface area contributed by atoms with Crippen molar-refractivity contribution in [3.05, 3.63) is 83.6 Å². The maximum Gasteiger partial charge on any atom is 0.323 e. The first kappa shape index (κ1) is 19.4. The van der Waals surface area contributed by atoms with Gasteiger partial charge in [0.2, 0.25) is 5.88 Å². The molecular weight excluding hydrogens is 404 g/mol. The van der Waals surface area contributed by atoms with Crippen LogP contribution in [0.4, 0.5) is 16.2 Å². The summed E-state index contributed by atoms with van der Waals surface area (Å²) in [6.07, 6.45) is 1.81. The SMILES string of the molecule is Cc1ccn(-c2ccc(Oc3ccc(NC(=O)Nc4ccccc4Cl)cc3)nn2)n1. The summed E-state index contributed by atoms with van der Waals surface area (Å²) in [5.41, 5.74) is 2.03. The zero-order chi connectivity index (χ0) is 20.9. The maximum atomic E-state index is 12.1. The summed E-state index contributed by atoms with van der Waals surface area (Å²) in [5, 5.41) is 18.4. The molecule has 0 aliphatic heterocycles. The van der Waals surface area contributed by atoms with Gasteiger partial charge in [0.1, 0.15) is 5.75 Å². The fraction of sp³-hybridized carbons (Fsp3) is 0.0476. The minimum Gasteiger partial charge on any atom is -0.438 e. The Hall–Kier alpha value is -3.91. The molecule has 0 aliphatic carbocycles. The third-order valence-corrected chi connectivity index (χ3v) is 4.37. The van der Waals surface area contributed by atoms with Gasteiger partial charge in [-0.25, -0.2) is 9.48 Å². The Morgan fingerprint density at radius 1 is 0.967 bits per heavy atom. The van der Waals surface area contributed by atoms with E-state index in [4.69, 9.17) is 16.3 Å². The van der Waals surface area contributed by atoms with E-state index in [1.54, 1.807) is 65.3 Å². The van der Waals surface area contributed by atoms with E-state index in [-0.39, 0.29) is 0 Å². The smallest absolute Gasteiger partial charge is 0.323 e. The topological polar surface area (TPSA) is 94.0 Å². The fourth-order valence-corrected chi connectivity index (χ4v) is 2.79. The molecule has 2 heterocycles. The fourth-order valence-electron chi connectivity index (χ4n) is 2.61. The standard InChI is InChI=1S/C21H17ClN6O2/c1-14-12-13-28(27-14)19-10-11-20(26-25-19)30-16-8-6-15(7-9-16)23-21(29)24-18-5-3-2-4-17(18)22/h2-13H,1H3,(H2,23,24,29). The van der Waals surface area contributed by atoms with Crippen LogP contribution in [0.5, 0.6) is 11.6 Å². The normalized spacial score (nSPS) is 10.5. The van der Waals surface area contributed by atoms with Gasteiger partial charge in [0.05, 0.1) is 16.4 Å². The Balaban J connectivity index is 1.35. The molecule has 2 N–H and O–H groups in total. The number of nitrogens with zero attached hydrogens (tertiary/aromatic N) is 4. The molecule has 0 radical (unpaired) electrons. The minimum atomic E-state index is -0.396. The van der Waals surface area contributed by atoms with Crippen molar-refractivity contribution in [3.8, 4) is 17.4 Å². The van der Waals surface area contributed by atoms with Crippen molar-refractivity contribution >= 4 is 29.0 Å². The van der Waals surface area contributed by atoms with E-state index in [0.717, 1.165) is 5.69 Å². The van der Waals surface area contributed by atoms with Gasteiger partial charge in [-0.15, -0.1) is 10.2 Å². The number of carbonyl (C=O) groups is 1. The number of carbonyl (C=O) groups excluding carboxylic acids is 1. The van der Waals surface area contributed by atoms with E-state index < -0.39 is 6.03 Å². The number of anilines is 2. The van der Waals surface area contributed by atoms with Crippen molar-refractivity contribution in [2.45, 2.75) is 6.92 Å². The van der Waals surface area contributed by atoms with Crippen LogP contribution in [-0.2, 0) is 0 Å². The number of urea groups is 1. The van der Waals surface area contributed by atoms with E-state index in [9.17, 15) is 4.79 Å². The molecule has 2 aromatic carbocycles. The Bertz CT molecular complexity index is 1160. The monoisotopic (exact) mass is 420 g/mol. The van der Waals surface area contributed by atoms with Crippen molar-refractivity contribution in [1.82, 2.24) is 20.0 Å². The van der Waals surface area contributed by atoms with E-state index in [2.05, 4.69) is 25.9 Å². The molecule has 9 heteroatoms. The molecular formula is C21H17ClN6O2. The Morgan fingerprint density at radius 2 is 1.77 bits per heavy atom. The van der Waals surface area contributed by atoms with Crippen LogP contribution in [0.1, 0.15) is 5.69 Å². The number of hydrogen-bond acceptors (Lipinski definition) is 5. The molecule has 150 valence electrons. The quantitative estimate of drug-likeness (QED) is 0.470. The predicted molar refractivity (Wildman–Crippen MR) is 115 cm³/mol. The number of benzene rings is 2. The molecule has 0 saturated heterocycles. The van der Waals surface area contributed by atoms with Crippen molar-refractivity contribution in [3.63, 3.8) is 0 Å². The van der Waals surface area contributed by atoms with Gasteiger partial charge in [0.25, 0.3) is 0 Å². The molecule has 2 aromatic heterocycles. The van der Waals surface area contributed by atoms with Crippen LogP contribution in [0.2, 0.25) is 5.02 Å². The number of hydrogen-bond donors (Lipinski definition) is 2. The lowest BCUT2D eigenvalue weighted by molar-refractivity contribution is 0.262. The molecule has 30 heavy (non-hydrogen) atoms. The highest BCUT2D eigenvalue weighted by atomic mass is 35.5. The molecule has 0 bridgehead atoms. The highest BCUT2D eigenvalue weighted by Gasteiger charge is 2.07. The van der Waals surface area contributed by atoms with E-state index >= 15 is 0 Å². The highest BCUT2D eigenvalue weighted by molar-refractivity contribution is 6.33. The van der Waals surface area contributed by atoms with Crippen molar-refractivity contribution < 1.29 is 9.53 Å². The molecule has 0 fully saturated rings. The van der Waals surface area contributed by atoms with Crippen LogP contribution >= 0.6 is 11.6 Å².